The van der Waals surface area contributed by atoms with E-state index in [4.69, 9.17) is 14.1 Å². The smallest absolute Gasteiger partial charge is 0.455 e. The number of imide groups is 3. The summed E-state index contributed by atoms with van der Waals surface area (Å²) >= 11 is 2.05. The van der Waals surface area contributed by atoms with Gasteiger partial charge in [0.25, 0.3) is 0 Å². The van der Waals surface area contributed by atoms with Gasteiger partial charge in [-0.3, -0.25) is 9.59 Å². The van der Waals surface area contributed by atoms with Crippen LogP contribution in [0.2, 0.25) is 6.32 Å². The number of halogens is 1. The van der Waals surface area contributed by atoms with E-state index in [-0.39, 0.29) is 25.1 Å². The van der Waals surface area contributed by atoms with Crippen molar-refractivity contribution in [1.29, 1.82) is 0 Å². The van der Waals surface area contributed by atoms with Crippen molar-refractivity contribution in [3.05, 3.63) is 38.0 Å². The van der Waals surface area contributed by atoms with Crippen LogP contribution in [0.25, 0.3) is 6.08 Å². The number of hydrogen-bond donors (Lipinski definition) is 2. The molecule has 4 atom stereocenters. The predicted molar refractivity (Wildman–Crippen MR) is 146 cm³/mol. The lowest BCUT2D eigenvalue weighted by molar-refractivity contribution is -0.137. The Morgan fingerprint density at radius 1 is 1.24 bits per heavy atom. The lowest BCUT2D eigenvalue weighted by Crippen LogP contribution is -2.46. The number of ether oxygens (including phenoxy) is 3. The van der Waals surface area contributed by atoms with Crippen LogP contribution in [-0.2, 0) is 23.7 Å². The molecule has 38 heavy (non-hydrogen) atoms. The fourth-order valence-corrected chi connectivity index (χ4v) is 6.52. The molecule has 10 nitrogen and oxygen atoms in total. The summed E-state index contributed by atoms with van der Waals surface area (Å²) < 4.78 is 22.0. The van der Waals surface area contributed by atoms with Crippen LogP contribution >= 0.6 is 22.6 Å². The molecule has 1 aliphatic carbocycles. The Balaban J connectivity index is 1.61. The van der Waals surface area contributed by atoms with Crippen LogP contribution in [0.5, 0.6) is 11.5 Å². The molecule has 0 radical (unpaired) electrons. The highest BCUT2D eigenvalue weighted by Crippen LogP contribution is 2.50. The molecule has 4 rings (SSSR count). The molecule has 2 heterocycles. The number of benzene rings is 1. The maximum atomic E-state index is 13.2. The molecule has 0 spiro atoms. The van der Waals surface area contributed by atoms with Gasteiger partial charge in [-0.05, 0) is 89.9 Å². The molecule has 12 heteroatoms. The van der Waals surface area contributed by atoms with Gasteiger partial charge in [-0.25, -0.2) is 4.79 Å². The highest BCUT2D eigenvalue weighted by molar-refractivity contribution is 14.1. The first-order valence-corrected chi connectivity index (χ1v) is 13.4. The summed E-state index contributed by atoms with van der Waals surface area (Å²) in [7, 11) is 3.08. The Morgan fingerprint density at radius 2 is 1.97 bits per heavy atom. The molecule has 0 bridgehead atoms. The Kier molecular flexibility index (Phi) is 8.85. The molecule has 204 valence electrons. The van der Waals surface area contributed by atoms with Crippen LogP contribution in [0.3, 0.4) is 0 Å². The fraction of sp³-hybridized carbons (Fsp3) is 0.500. The largest absolute Gasteiger partial charge is 0.504 e. The van der Waals surface area contributed by atoms with Crippen molar-refractivity contribution < 1.29 is 43.4 Å². The van der Waals surface area contributed by atoms with E-state index in [2.05, 4.69) is 4.74 Å². The van der Waals surface area contributed by atoms with Gasteiger partial charge in [-0.15, -0.1) is 0 Å². The van der Waals surface area contributed by atoms with Crippen molar-refractivity contribution in [3.63, 3.8) is 0 Å². The van der Waals surface area contributed by atoms with E-state index in [9.17, 15) is 24.5 Å². The van der Waals surface area contributed by atoms with E-state index < -0.39 is 48.9 Å². The quantitative estimate of drug-likeness (QED) is 0.200. The van der Waals surface area contributed by atoms with Crippen LogP contribution in [0, 0.1) is 21.3 Å². The number of carbonyl (C=O) groups is 3. The van der Waals surface area contributed by atoms with Gasteiger partial charge < -0.3 is 29.0 Å². The van der Waals surface area contributed by atoms with Crippen molar-refractivity contribution in [1.82, 2.24) is 4.90 Å². The highest BCUT2D eigenvalue weighted by atomic mass is 127. The summed E-state index contributed by atoms with van der Waals surface area (Å²) in [6.07, 6.45) is 2.11. The van der Waals surface area contributed by atoms with Gasteiger partial charge in [0.1, 0.15) is 0 Å². The molecule has 0 saturated carbocycles. The Hall–Kier alpha value is -2.42. The Labute approximate surface area is 235 Å². The number of phenols is 1. The number of hydrogen-bond acceptors (Lipinski definition) is 9. The van der Waals surface area contributed by atoms with Crippen LogP contribution in [-0.4, -0.2) is 74.1 Å². The van der Waals surface area contributed by atoms with Crippen LogP contribution < -0.4 is 4.74 Å². The molecule has 2 fully saturated rings. The summed E-state index contributed by atoms with van der Waals surface area (Å²) in [5.74, 6) is -2.61. The number of aromatic hydroxyl groups is 1. The van der Waals surface area contributed by atoms with Gasteiger partial charge in [-0.2, -0.15) is 4.90 Å². The van der Waals surface area contributed by atoms with Crippen molar-refractivity contribution in [2.75, 3.05) is 27.9 Å². The average Bonchev–Trinajstić information content (AvgIpc) is 3.13. The van der Waals surface area contributed by atoms with E-state index in [0.717, 1.165) is 29.4 Å². The van der Waals surface area contributed by atoms with Gasteiger partial charge in [0.2, 0.25) is 11.8 Å². The zero-order chi connectivity index (χ0) is 27.7. The SMILES string of the molecule is COCC1=C2[C@@H](CC/C(C)=C/c3cc(I)c(O)c(OC)c3)OB(O)C[C@@H]2[C@@H]2C(=O)N(C(=O)OC)C(=O)[C@@H]2C1. The summed E-state index contributed by atoms with van der Waals surface area (Å²) in [5, 5.41) is 20.7. The first-order valence-electron chi connectivity index (χ1n) is 12.3. The minimum absolute atomic E-state index is 0.0949. The Morgan fingerprint density at radius 3 is 2.63 bits per heavy atom. The van der Waals surface area contributed by atoms with Gasteiger partial charge in [-0.1, -0.05) is 11.6 Å². The van der Waals surface area contributed by atoms with Gasteiger partial charge >= 0.3 is 13.2 Å². The number of carbonyl (C=O) groups excluding carboxylic acids is 3. The molecule has 1 aromatic carbocycles. The molecule has 3 aliphatic rings. The number of methoxy groups -OCH3 is 3. The number of nitrogens with zero attached hydrogens (tertiary/aromatic N) is 1. The third-order valence-corrected chi connectivity index (χ3v) is 8.29. The number of amides is 3. The normalized spacial score (nSPS) is 25.5. The molecule has 0 aromatic heterocycles. The van der Waals surface area contributed by atoms with Crippen molar-refractivity contribution in [2.45, 2.75) is 38.6 Å². The summed E-state index contributed by atoms with van der Waals surface area (Å²) in [6.45, 7) is 2.24. The van der Waals surface area contributed by atoms with Crippen LogP contribution in [0.4, 0.5) is 4.79 Å². The lowest BCUT2D eigenvalue weighted by Gasteiger charge is -2.43. The second-order valence-corrected chi connectivity index (χ2v) is 11.0. The van der Waals surface area contributed by atoms with Gasteiger partial charge in [0.05, 0.1) is 42.3 Å². The first kappa shape index (κ1) is 28.6. The summed E-state index contributed by atoms with van der Waals surface area (Å²) in [5.41, 5.74) is 3.66. The minimum Gasteiger partial charge on any atom is -0.504 e. The molecule has 2 saturated heterocycles. The van der Waals surface area contributed by atoms with E-state index in [0.29, 0.717) is 27.1 Å². The summed E-state index contributed by atoms with van der Waals surface area (Å²) in [4.78, 5) is 39.1. The standard InChI is InChI=1S/C26H31BINO9/c1-13(7-14-8-18(28)23(30)20(9-14)36-3)5-6-19-21-15(12-35-2)10-16-22(17(21)11-27(34)38-19)25(32)29(24(16)31)26(33)37-4/h7-9,16-17,19,22,30,34H,5-6,10-12H2,1-4H3/b13-7+/t16-,17+,19-,22-/m1/s1. The number of allylic oxidation sites excluding steroid dienone is 1. The number of fused-ring (bicyclic) bond motifs is 3. The monoisotopic (exact) mass is 639 g/mol. The van der Waals surface area contributed by atoms with Crippen molar-refractivity contribution in [2.24, 2.45) is 17.8 Å². The van der Waals surface area contributed by atoms with Crippen LogP contribution in [0.15, 0.2) is 28.9 Å². The second kappa shape index (κ2) is 11.8. The maximum Gasteiger partial charge on any atom is 0.455 e. The number of rotatable bonds is 7. The third kappa shape index (κ3) is 5.36. The third-order valence-electron chi connectivity index (χ3n) is 7.47. The molecule has 2 aliphatic heterocycles. The molecular formula is C26H31BINO9. The topological polar surface area (TPSA) is 132 Å². The summed E-state index contributed by atoms with van der Waals surface area (Å²) in [6, 6.07) is 3.61. The van der Waals surface area contributed by atoms with E-state index >= 15 is 0 Å². The van der Waals surface area contributed by atoms with Gasteiger partial charge in [0.15, 0.2) is 11.5 Å². The maximum absolute atomic E-state index is 13.2. The molecule has 1 aromatic rings. The molecule has 3 amide bonds. The zero-order valence-corrected chi connectivity index (χ0v) is 23.9. The Bertz CT molecular complexity index is 1200. The van der Waals surface area contributed by atoms with E-state index in [1.807, 2.05) is 41.7 Å². The molecule has 0 unspecified atom stereocenters. The van der Waals surface area contributed by atoms with E-state index in [1.54, 1.807) is 13.2 Å². The van der Waals surface area contributed by atoms with E-state index in [1.165, 1.54) is 7.11 Å². The predicted octanol–water partition coefficient (Wildman–Crippen LogP) is 3.40. The lowest BCUT2D eigenvalue weighted by atomic mass is 9.58. The fourth-order valence-electron chi connectivity index (χ4n) is 5.89. The van der Waals surface area contributed by atoms with Crippen LogP contribution in [0.1, 0.15) is 31.7 Å². The van der Waals surface area contributed by atoms with Crippen molar-refractivity contribution in [3.8, 4) is 11.5 Å². The highest BCUT2D eigenvalue weighted by Gasteiger charge is 2.59. The van der Waals surface area contributed by atoms with Gasteiger partial charge in [0, 0.05) is 7.11 Å². The van der Waals surface area contributed by atoms with Crippen molar-refractivity contribution >= 4 is 53.7 Å². The minimum atomic E-state index is -1.11. The average molecular weight is 639 g/mol. The number of likely N-dealkylation sites (tertiary alicyclic amines) is 1. The first-order chi connectivity index (χ1) is 18.1. The molecule has 2 N–H and O–H groups in total. The second-order valence-electron chi connectivity index (χ2n) is 9.81. The number of phenolic OH excluding ortho intramolecular Hbond substituents is 1. The zero-order valence-electron chi connectivity index (χ0n) is 21.7. The molecular weight excluding hydrogens is 608 g/mol.